The highest BCUT2D eigenvalue weighted by atomic mass is 15.4. The van der Waals surface area contributed by atoms with Crippen molar-refractivity contribution >= 4 is 6.34 Å². The van der Waals surface area contributed by atoms with E-state index in [1.54, 1.807) is 0 Å². The minimum absolute atomic E-state index is 0.977. The van der Waals surface area contributed by atoms with Crippen LogP contribution < -0.4 is 0 Å². The highest BCUT2D eigenvalue weighted by Crippen LogP contribution is 2.16. The first-order chi connectivity index (χ1) is 10.8. The molecule has 0 aliphatic carbocycles. The summed E-state index contributed by atoms with van der Waals surface area (Å²) in [6.07, 6.45) is 20.5. The predicted molar refractivity (Wildman–Crippen MR) is 93.6 cm³/mol. The number of aromatic nitrogens is 1. The van der Waals surface area contributed by atoms with Crippen LogP contribution >= 0.6 is 0 Å². The van der Waals surface area contributed by atoms with Crippen LogP contribution in [0.3, 0.4) is 0 Å². The monoisotopic (exact) mass is 300 g/mol. The smallest absolute Gasteiger partial charge is 0.194 e. The molecule has 120 valence electrons. The summed E-state index contributed by atoms with van der Waals surface area (Å²) in [7, 11) is 0. The van der Waals surface area contributed by atoms with Gasteiger partial charge in [0.05, 0.1) is 19.3 Å². The topological polar surface area (TPSA) is 25.2 Å². The fourth-order valence-electron chi connectivity index (χ4n) is 3.02. The van der Waals surface area contributed by atoms with Crippen molar-refractivity contribution in [1.82, 2.24) is 4.98 Å². The Morgan fingerprint density at radius 3 is 2.36 bits per heavy atom. The van der Waals surface area contributed by atoms with E-state index in [1.165, 1.54) is 70.0 Å². The summed E-state index contributed by atoms with van der Waals surface area (Å²) in [4.78, 5) is 8.37. The van der Waals surface area contributed by atoms with Gasteiger partial charge in [0, 0.05) is 12.4 Å². The van der Waals surface area contributed by atoms with Gasteiger partial charge in [0.15, 0.2) is 6.34 Å². The first-order valence-electron chi connectivity index (χ1n) is 8.82. The van der Waals surface area contributed by atoms with Gasteiger partial charge in [-0.1, -0.05) is 26.2 Å². The number of nitrogens with zero attached hydrogens (tertiary/aromatic N) is 3. The molecule has 0 amide bonds. The Bertz CT molecular complexity index is 453. The Labute approximate surface area is 135 Å². The van der Waals surface area contributed by atoms with E-state index in [0.717, 1.165) is 4.48 Å². The van der Waals surface area contributed by atoms with Gasteiger partial charge in [-0.2, -0.15) is 0 Å². The molecule has 2 heterocycles. The molecule has 1 aliphatic heterocycles. The van der Waals surface area contributed by atoms with E-state index >= 15 is 0 Å². The molecule has 0 spiro atoms. The van der Waals surface area contributed by atoms with E-state index in [0.29, 0.717) is 0 Å². The molecule has 1 atom stereocenters. The second-order valence-electron chi connectivity index (χ2n) is 6.34. The largest absolute Gasteiger partial charge is 0.265 e. The molecule has 3 heteroatoms. The quantitative estimate of drug-likeness (QED) is 0.429. The molecule has 1 aromatic heterocycles. The van der Waals surface area contributed by atoms with Crippen LogP contribution in [0.2, 0.25) is 0 Å². The summed E-state index contributed by atoms with van der Waals surface area (Å²) in [5, 5.41) is 0. The third kappa shape index (κ3) is 5.72. The zero-order valence-electron chi connectivity index (χ0n) is 14.0. The number of quaternary nitrogens is 1. The van der Waals surface area contributed by atoms with Crippen molar-refractivity contribution in [3.63, 3.8) is 0 Å². The van der Waals surface area contributed by atoms with Gasteiger partial charge in [0.1, 0.15) is 6.20 Å². The maximum atomic E-state index is 4.31. The highest BCUT2D eigenvalue weighted by Gasteiger charge is 2.24. The van der Waals surface area contributed by atoms with E-state index in [9.17, 15) is 0 Å². The zero-order valence-corrected chi connectivity index (χ0v) is 14.0. The van der Waals surface area contributed by atoms with Crippen LogP contribution in [-0.4, -0.2) is 28.9 Å². The molecule has 0 aromatic carbocycles. The van der Waals surface area contributed by atoms with Crippen molar-refractivity contribution in [2.24, 2.45) is 4.99 Å². The third-order valence-corrected chi connectivity index (χ3v) is 4.46. The average molecular weight is 300 g/mol. The van der Waals surface area contributed by atoms with Gasteiger partial charge >= 0.3 is 0 Å². The van der Waals surface area contributed by atoms with Crippen LogP contribution in [0.25, 0.3) is 0 Å². The standard InChI is InChI=1S/C19H30N3/c1-2-3-15-22(17-14-21-18-22)16-8-6-4-5-7-9-19-10-12-20-13-11-19/h10-14,17-18H,2-9,15-16H2,1H3/q+1. The second-order valence-corrected chi connectivity index (χ2v) is 6.34. The minimum atomic E-state index is 0.977. The number of hydrogen-bond acceptors (Lipinski definition) is 2. The van der Waals surface area contributed by atoms with E-state index in [1.807, 2.05) is 18.6 Å². The van der Waals surface area contributed by atoms with Crippen molar-refractivity contribution in [3.05, 3.63) is 42.5 Å². The van der Waals surface area contributed by atoms with E-state index < -0.39 is 0 Å². The Balaban J connectivity index is 1.55. The van der Waals surface area contributed by atoms with Crippen molar-refractivity contribution in [1.29, 1.82) is 0 Å². The van der Waals surface area contributed by atoms with Crippen LogP contribution in [0.15, 0.2) is 41.9 Å². The van der Waals surface area contributed by atoms with Gasteiger partial charge in [0.2, 0.25) is 0 Å². The SMILES string of the molecule is CCCC[N+]1(CCCCCCCc2ccncc2)C=CN=C1. The Morgan fingerprint density at radius 2 is 1.64 bits per heavy atom. The van der Waals surface area contributed by atoms with Crippen LogP contribution in [0.5, 0.6) is 0 Å². The number of unbranched alkanes of at least 4 members (excludes halogenated alkanes) is 5. The molecule has 1 aromatic rings. The van der Waals surface area contributed by atoms with Gasteiger partial charge in [-0.15, -0.1) is 0 Å². The molecular formula is C19H30N3+. The normalized spacial score (nSPS) is 19.9. The van der Waals surface area contributed by atoms with Gasteiger partial charge in [-0.05, 0) is 49.8 Å². The lowest BCUT2D eigenvalue weighted by Gasteiger charge is -2.27. The van der Waals surface area contributed by atoms with Gasteiger partial charge in [-0.25, -0.2) is 4.99 Å². The van der Waals surface area contributed by atoms with Gasteiger partial charge < -0.3 is 0 Å². The first kappa shape index (κ1) is 16.9. The number of pyridine rings is 1. The summed E-state index contributed by atoms with van der Waals surface area (Å²) >= 11 is 0. The van der Waals surface area contributed by atoms with Crippen LogP contribution in [0.1, 0.15) is 57.4 Å². The maximum Gasteiger partial charge on any atom is 0.194 e. The van der Waals surface area contributed by atoms with Crippen molar-refractivity contribution < 1.29 is 4.48 Å². The van der Waals surface area contributed by atoms with Crippen molar-refractivity contribution in [2.75, 3.05) is 13.1 Å². The molecule has 0 N–H and O–H groups in total. The molecule has 0 radical (unpaired) electrons. The first-order valence-corrected chi connectivity index (χ1v) is 8.82. The number of aryl methyl sites for hydroxylation is 1. The van der Waals surface area contributed by atoms with Crippen molar-refractivity contribution in [2.45, 2.75) is 58.3 Å². The third-order valence-electron chi connectivity index (χ3n) is 4.46. The van der Waals surface area contributed by atoms with Gasteiger partial charge in [-0.3, -0.25) is 9.47 Å². The van der Waals surface area contributed by atoms with Gasteiger partial charge in [0.25, 0.3) is 0 Å². The number of aliphatic imine (C=N–C) groups is 1. The molecule has 0 saturated heterocycles. The minimum Gasteiger partial charge on any atom is -0.265 e. The summed E-state index contributed by atoms with van der Waals surface area (Å²) in [6.45, 7) is 4.68. The molecular weight excluding hydrogens is 270 g/mol. The Kier molecular flexibility index (Phi) is 7.31. The lowest BCUT2D eigenvalue weighted by atomic mass is 10.1. The molecule has 1 unspecified atom stereocenters. The molecule has 22 heavy (non-hydrogen) atoms. The predicted octanol–water partition coefficient (Wildman–Crippen LogP) is 4.70. The average Bonchev–Trinajstić information content (AvgIpc) is 3.02. The fraction of sp³-hybridized carbons (Fsp3) is 0.579. The Morgan fingerprint density at radius 1 is 0.909 bits per heavy atom. The molecule has 1 aliphatic rings. The lowest BCUT2D eigenvalue weighted by molar-refractivity contribution is -0.780. The summed E-state index contributed by atoms with van der Waals surface area (Å²) in [5.41, 5.74) is 1.41. The van der Waals surface area contributed by atoms with Crippen molar-refractivity contribution in [3.8, 4) is 0 Å². The van der Waals surface area contributed by atoms with E-state index in [-0.39, 0.29) is 0 Å². The maximum absolute atomic E-state index is 4.31. The molecule has 0 fully saturated rings. The Hall–Kier alpha value is -1.48. The summed E-state index contributed by atoms with van der Waals surface area (Å²) < 4.78 is 0.977. The summed E-state index contributed by atoms with van der Waals surface area (Å²) in [6, 6.07) is 4.25. The zero-order chi connectivity index (χ0) is 15.5. The molecule has 2 rings (SSSR count). The number of hydrogen-bond donors (Lipinski definition) is 0. The second kappa shape index (κ2) is 9.52. The van der Waals surface area contributed by atoms with Crippen LogP contribution in [-0.2, 0) is 6.42 Å². The summed E-state index contributed by atoms with van der Waals surface area (Å²) in [5.74, 6) is 0. The molecule has 0 bridgehead atoms. The lowest BCUT2D eigenvalue weighted by Crippen LogP contribution is -2.41. The highest BCUT2D eigenvalue weighted by molar-refractivity contribution is 5.50. The van der Waals surface area contributed by atoms with Crippen LogP contribution in [0.4, 0.5) is 0 Å². The number of rotatable bonds is 11. The van der Waals surface area contributed by atoms with E-state index in [2.05, 4.69) is 41.6 Å². The molecule has 0 saturated carbocycles. The fourth-order valence-corrected chi connectivity index (χ4v) is 3.02. The van der Waals surface area contributed by atoms with E-state index in [4.69, 9.17) is 0 Å². The molecule has 3 nitrogen and oxygen atoms in total. The van der Waals surface area contributed by atoms with Crippen LogP contribution in [0, 0.1) is 0 Å².